The van der Waals surface area contributed by atoms with E-state index >= 15 is 0 Å². The first-order chi connectivity index (χ1) is 7.83. The Morgan fingerprint density at radius 2 is 2.19 bits per heavy atom. The molecule has 0 atom stereocenters. The Morgan fingerprint density at radius 1 is 1.50 bits per heavy atom. The van der Waals surface area contributed by atoms with Gasteiger partial charge in [0.25, 0.3) is 0 Å². The molecule has 0 amide bonds. The monoisotopic (exact) mass is 220 g/mol. The zero-order chi connectivity index (χ0) is 13.1. The van der Waals surface area contributed by atoms with Crippen molar-refractivity contribution in [3.8, 4) is 0 Å². The Hall–Kier alpha value is -1.11. The van der Waals surface area contributed by atoms with E-state index in [2.05, 4.69) is 26.8 Å². The highest BCUT2D eigenvalue weighted by Gasteiger charge is 2.26. The van der Waals surface area contributed by atoms with E-state index in [4.69, 9.17) is 1.37 Å². The van der Waals surface area contributed by atoms with Crippen LogP contribution in [0.2, 0.25) is 0 Å². The summed E-state index contributed by atoms with van der Waals surface area (Å²) in [6, 6.07) is 0. The highest BCUT2D eigenvalue weighted by atomic mass is 16.1. The SMILES string of the molecule is [3H]C(=O)/C=C(C)\C=C\C1=C(C)CCCC1(C)C. The first kappa shape index (κ1) is 11.4. The van der Waals surface area contributed by atoms with Crippen molar-refractivity contribution in [2.24, 2.45) is 5.41 Å². The fraction of sp³-hybridized carbons (Fsp3) is 0.533. The van der Waals surface area contributed by atoms with Crippen LogP contribution in [0.25, 0.3) is 0 Å². The summed E-state index contributed by atoms with van der Waals surface area (Å²) in [7, 11) is 0. The van der Waals surface area contributed by atoms with Crippen LogP contribution in [0.4, 0.5) is 0 Å². The lowest BCUT2D eigenvalue weighted by Gasteiger charge is -2.32. The Kier molecular flexibility index (Phi) is 3.76. The molecule has 0 radical (unpaired) electrons. The van der Waals surface area contributed by atoms with Gasteiger partial charge in [-0.05, 0) is 55.7 Å². The smallest absolute Gasteiger partial charge is 0.143 e. The molecule has 0 fully saturated rings. The van der Waals surface area contributed by atoms with Gasteiger partial charge in [0.1, 0.15) is 7.63 Å². The fourth-order valence-electron chi connectivity index (χ4n) is 2.37. The van der Waals surface area contributed by atoms with Gasteiger partial charge in [-0.25, -0.2) is 0 Å². The van der Waals surface area contributed by atoms with Crippen molar-refractivity contribution in [3.63, 3.8) is 0 Å². The molecule has 0 aliphatic heterocycles. The van der Waals surface area contributed by atoms with Gasteiger partial charge in [-0.3, -0.25) is 4.79 Å². The number of carbonyl (C=O) groups excluding carboxylic acids is 1. The second-order valence-corrected chi connectivity index (χ2v) is 5.27. The van der Waals surface area contributed by atoms with E-state index in [9.17, 15) is 4.79 Å². The molecule has 0 unspecified atom stereocenters. The van der Waals surface area contributed by atoms with E-state index in [-0.39, 0.29) is 5.41 Å². The Morgan fingerprint density at radius 3 is 2.75 bits per heavy atom. The van der Waals surface area contributed by atoms with E-state index in [1.165, 1.54) is 36.5 Å². The molecule has 1 nitrogen and oxygen atoms in total. The average molecular weight is 220 g/mol. The molecule has 1 rings (SSSR count). The normalized spacial score (nSPS) is 22.5. The minimum atomic E-state index is -0.638. The lowest BCUT2D eigenvalue weighted by Crippen LogP contribution is -2.19. The molecule has 0 bridgehead atoms. The van der Waals surface area contributed by atoms with E-state index in [1.54, 1.807) is 0 Å². The summed E-state index contributed by atoms with van der Waals surface area (Å²) in [4.78, 5) is 10.6. The number of carbonyl (C=O) groups is 1. The molecule has 0 spiro atoms. The van der Waals surface area contributed by atoms with Crippen molar-refractivity contribution < 1.29 is 6.17 Å². The predicted molar refractivity (Wildman–Crippen MR) is 69.3 cm³/mol. The third-order valence-corrected chi connectivity index (χ3v) is 3.34. The number of hydrogen-bond acceptors (Lipinski definition) is 1. The van der Waals surface area contributed by atoms with Crippen LogP contribution in [0.5, 0.6) is 0 Å². The Balaban J connectivity index is 2.93. The largest absolute Gasteiger partial charge is 0.299 e. The highest BCUT2D eigenvalue weighted by molar-refractivity contribution is 5.67. The van der Waals surface area contributed by atoms with Gasteiger partial charge in [0.15, 0.2) is 0 Å². The summed E-state index contributed by atoms with van der Waals surface area (Å²) in [6.07, 6.45) is 8.41. The van der Waals surface area contributed by atoms with Crippen molar-refractivity contribution in [2.45, 2.75) is 47.0 Å². The number of allylic oxidation sites excluding steroid dienone is 6. The molecular formula is C15H22O. The second kappa shape index (κ2) is 5.29. The maximum Gasteiger partial charge on any atom is 0.143 e. The van der Waals surface area contributed by atoms with Gasteiger partial charge in [-0.2, -0.15) is 0 Å². The topological polar surface area (TPSA) is 17.1 Å². The Bertz CT molecular complexity index is 397. The molecule has 1 aliphatic rings. The molecule has 0 saturated heterocycles. The van der Waals surface area contributed by atoms with Gasteiger partial charge in [0.05, 0.1) is 0 Å². The van der Waals surface area contributed by atoms with Crippen molar-refractivity contribution in [1.29, 1.82) is 0 Å². The van der Waals surface area contributed by atoms with Crippen molar-refractivity contribution >= 4 is 6.26 Å². The van der Waals surface area contributed by atoms with Crippen LogP contribution in [0.15, 0.2) is 34.9 Å². The summed E-state index contributed by atoms with van der Waals surface area (Å²) < 4.78 is 6.89. The molecule has 0 aromatic rings. The summed E-state index contributed by atoms with van der Waals surface area (Å²) >= 11 is 0. The maximum atomic E-state index is 10.6. The molecule has 0 aromatic carbocycles. The first-order valence-electron chi connectivity index (χ1n) is 6.40. The second-order valence-electron chi connectivity index (χ2n) is 5.27. The van der Waals surface area contributed by atoms with Crippen LogP contribution in [-0.4, -0.2) is 6.26 Å². The highest BCUT2D eigenvalue weighted by Crippen LogP contribution is 2.40. The minimum absolute atomic E-state index is 0.226. The lowest BCUT2D eigenvalue weighted by atomic mass is 9.72. The van der Waals surface area contributed by atoms with Gasteiger partial charge in [0, 0.05) is 0 Å². The van der Waals surface area contributed by atoms with Crippen LogP contribution in [-0.2, 0) is 4.79 Å². The summed E-state index contributed by atoms with van der Waals surface area (Å²) in [5.74, 6) is 0. The third kappa shape index (κ3) is 3.19. The molecule has 0 aromatic heterocycles. The van der Waals surface area contributed by atoms with Gasteiger partial charge in [0.2, 0.25) is 0 Å². The van der Waals surface area contributed by atoms with Crippen molar-refractivity contribution in [1.82, 2.24) is 0 Å². The average Bonchev–Trinajstić information content (AvgIpc) is 2.14. The summed E-state index contributed by atoms with van der Waals surface area (Å²) in [5.41, 5.74) is 3.90. The molecule has 16 heavy (non-hydrogen) atoms. The molecule has 0 saturated carbocycles. The van der Waals surface area contributed by atoms with Gasteiger partial charge < -0.3 is 0 Å². The summed E-state index contributed by atoms with van der Waals surface area (Å²) in [6.45, 7) is 8.58. The van der Waals surface area contributed by atoms with Crippen LogP contribution in [0, 0.1) is 5.41 Å². The molecule has 1 aliphatic carbocycles. The Labute approximate surface area is 100 Å². The van der Waals surface area contributed by atoms with E-state index < -0.39 is 6.26 Å². The zero-order valence-electron chi connectivity index (χ0n) is 11.8. The van der Waals surface area contributed by atoms with Crippen molar-refractivity contribution in [2.75, 3.05) is 0 Å². The van der Waals surface area contributed by atoms with Crippen LogP contribution in [0.1, 0.15) is 48.3 Å². The summed E-state index contributed by atoms with van der Waals surface area (Å²) in [5, 5.41) is 0. The zero-order valence-corrected chi connectivity index (χ0v) is 10.8. The van der Waals surface area contributed by atoms with Crippen LogP contribution in [0.3, 0.4) is 0 Å². The minimum Gasteiger partial charge on any atom is -0.299 e. The van der Waals surface area contributed by atoms with E-state index in [1.807, 2.05) is 13.0 Å². The maximum absolute atomic E-state index is 10.6. The molecule has 0 heterocycles. The van der Waals surface area contributed by atoms with Gasteiger partial charge in [-0.1, -0.05) is 31.6 Å². The van der Waals surface area contributed by atoms with Crippen LogP contribution < -0.4 is 0 Å². The van der Waals surface area contributed by atoms with E-state index in [0.717, 1.165) is 5.57 Å². The van der Waals surface area contributed by atoms with Gasteiger partial charge >= 0.3 is 0 Å². The van der Waals surface area contributed by atoms with Crippen molar-refractivity contribution in [3.05, 3.63) is 34.9 Å². The van der Waals surface area contributed by atoms with Crippen LogP contribution >= 0.6 is 0 Å². The quantitative estimate of drug-likeness (QED) is 0.395. The molecule has 0 N–H and O–H groups in total. The number of rotatable bonds is 3. The van der Waals surface area contributed by atoms with Gasteiger partial charge in [-0.15, -0.1) is 0 Å². The third-order valence-electron chi connectivity index (χ3n) is 3.34. The fourth-order valence-corrected chi connectivity index (χ4v) is 2.37. The molecule has 88 valence electrons. The standard InChI is InChI=1S/C15H22O/c1-12(9-11-16)7-8-14-13(2)6-5-10-15(14,3)4/h7-9,11H,5-6,10H2,1-4H3/b8-7+,12-9-/i11T. The molecular weight excluding hydrogens is 196 g/mol. The number of aldehydes is 1. The lowest BCUT2D eigenvalue weighted by molar-refractivity contribution is -0.104. The molecule has 1 heteroatoms. The number of hydrogen-bond donors (Lipinski definition) is 0. The first-order valence-corrected chi connectivity index (χ1v) is 5.90. The predicted octanol–water partition coefficient (Wildman–Crippen LogP) is 4.21. The van der Waals surface area contributed by atoms with E-state index in [0.29, 0.717) is 0 Å².